The smallest absolute Gasteiger partial charge is 0.158 e. The van der Waals surface area contributed by atoms with Gasteiger partial charge in [-0.25, -0.2) is 0 Å². The van der Waals surface area contributed by atoms with Crippen LogP contribution in [-0.2, 0) is 6.42 Å². The number of nitrogens with zero attached hydrogens (tertiary/aromatic N) is 2. The Labute approximate surface area is 149 Å². The molecule has 1 atom stereocenters. The molecule has 1 unspecified atom stereocenters. The van der Waals surface area contributed by atoms with Gasteiger partial charge in [0.15, 0.2) is 5.75 Å². The second kappa shape index (κ2) is 8.84. The van der Waals surface area contributed by atoms with Crippen molar-refractivity contribution in [2.24, 2.45) is 11.1 Å². The summed E-state index contributed by atoms with van der Waals surface area (Å²) in [6.45, 7) is 0. The van der Waals surface area contributed by atoms with Crippen molar-refractivity contribution in [2.75, 3.05) is 0 Å². The van der Waals surface area contributed by atoms with Crippen LogP contribution in [0.5, 0.6) is 5.75 Å². The number of nitriles is 1. The van der Waals surface area contributed by atoms with E-state index < -0.39 is 0 Å². The lowest BCUT2D eigenvalue weighted by Crippen LogP contribution is -2.08. The first kappa shape index (κ1) is 17.0. The van der Waals surface area contributed by atoms with Crippen molar-refractivity contribution in [1.82, 2.24) is 0 Å². The first-order chi connectivity index (χ1) is 12.3. The van der Waals surface area contributed by atoms with Crippen molar-refractivity contribution < 1.29 is 4.84 Å². The molecule has 0 heterocycles. The molecule has 2 aromatic rings. The highest BCUT2D eigenvalue weighted by Crippen LogP contribution is 2.23. The number of benzene rings is 2. The van der Waals surface area contributed by atoms with E-state index >= 15 is 0 Å². The van der Waals surface area contributed by atoms with Gasteiger partial charge in [-0.2, -0.15) is 5.26 Å². The molecule has 0 spiro atoms. The molecule has 3 rings (SSSR count). The molecule has 0 saturated heterocycles. The van der Waals surface area contributed by atoms with Crippen LogP contribution >= 0.6 is 0 Å². The summed E-state index contributed by atoms with van der Waals surface area (Å²) >= 11 is 0. The summed E-state index contributed by atoms with van der Waals surface area (Å²) in [6, 6.07) is 19.6. The molecular formula is C22H22N2O. The topological polar surface area (TPSA) is 45.4 Å². The van der Waals surface area contributed by atoms with Crippen LogP contribution in [-0.4, -0.2) is 5.71 Å². The van der Waals surface area contributed by atoms with Crippen molar-refractivity contribution in [3.63, 3.8) is 0 Å². The highest BCUT2D eigenvalue weighted by Gasteiger charge is 2.13. The average molecular weight is 330 g/mol. The summed E-state index contributed by atoms with van der Waals surface area (Å²) in [5, 5.41) is 13.3. The third-order valence-electron chi connectivity index (χ3n) is 4.42. The Kier molecular flexibility index (Phi) is 6.01. The van der Waals surface area contributed by atoms with Crippen molar-refractivity contribution >= 4 is 5.71 Å². The highest BCUT2D eigenvalue weighted by molar-refractivity contribution is 5.84. The molecule has 0 saturated carbocycles. The SMILES string of the molecule is N#Cc1ccc(O/N=C(\CCc2ccccc2)CC2C=CCC2)cc1. The fraction of sp³-hybridized carbons (Fsp3) is 0.273. The molecule has 0 N–H and O–H groups in total. The molecule has 0 aromatic heterocycles. The Morgan fingerprint density at radius 2 is 1.92 bits per heavy atom. The predicted molar refractivity (Wildman–Crippen MR) is 100 cm³/mol. The summed E-state index contributed by atoms with van der Waals surface area (Å²) in [4.78, 5) is 5.62. The number of rotatable bonds is 7. The van der Waals surface area contributed by atoms with Crippen molar-refractivity contribution in [2.45, 2.75) is 32.1 Å². The molecule has 0 radical (unpaired) electrons. The lowest BCUT2D eigenvalue weighted by molar-refractivity contribution is 0.337. The molecule has 3 heteroatoms. The van der Waals surface area contributed by atoms with Gasteiger partial charge < -0.3 is 4.84 Å². The van der Waals surface area contributed by atoms with Crippen LogP contribution in [0, 0.1) is 17.2 Å². The summed E-state index contributed by atoms with van der Waals surface area (Å²) in [5.74, 6) is 1.23. The van der Waals surface area contributed by atoms with E-state index in [1.165, 1.54) is 12.0 Å². The van der Waals surface area contributed by atoms with Crippen LogP contribution in [0.25, 0.3) is 0 Å². The quantitative estimate of drug-likeness (QED) is 0.394. The summed E-state index contributed by atoms with van der Waals surface area (Å²) in [7, 11) is 0. The largest absolute Gasteiger partial charge is 0.357 e. The third-order valence-corrected chi connectivity index (χ3v) is 4.42. The molecular weight excluding hydrogens is 308 g/mol. The lowest BCUT2D eigenvalue weighted by Gasteiger charge is -2.11. The summed E-state index contributed by atoms with van der Waals surface area (Å²) < 4.78 is 0. The predicted octanol–water partition coefficient (Wildman–Crippen LogP) is 5.28. The van der Waals surface area contributed by atoms with E-state index in [4.69, 9.17) is 10.1 Å². The minimum Gasteiger partial charge on any atom is -0.357 e. The van der Waals surface area contributed by atoms with Crippen LogP contribution < -0.4 is 4.84 Å². The van der Waals surface area contributed by atoms with E-state index in [9.17, 15) is 0 Å². The van der Waals surface area contributed by atoms with Gasteiger partial charge in [0.25, 0.3) is 0 Å². The van der Waals surface area contributed by atoms with Crippen LogP contribution in [0.4, 0.5) is 0 Å². The van der Waals surface area contributed by atoms with Crippen LogP contribution in [0.3, 0.4) is 0 Å². The number of oxime groups is 1. The molecule has 0 amide bonds. The zero-order valence-corrected chi connectivity index (χ0v) is 14.3. The van der Waals surface area contributed by atoms with Crippen LogP contribution in [0.15, 0.2) is 71.9 Å². The zero-order valence-electron chi connectivity index (χ0n) is 14.3. The van der Waals surface area contributed by atoms with Crippen LogP contribution in [0.1, 0.15) is 36.8 Å². The van der Waals surface area contributed by atoms with E-state index in [0.717, 1.165) is 31.4 Å². The van der Waals surface area contributed by atoms with Crippen molar-refractivity contribution in [1.29, 1.82) is 5.26 Å². The highest BCUT2D eigenvalue weighted by atomic mass is 16.6. The number of allylic oxidation sites excluding steroid dienone is 2. The first-order valence-corrected chi connectivity index (χ1v) is 8.77. The third kappa shape index (κ3) is 5.32. The van der Waals surface area contributed by atoms with Gasteiger partial charge in [-0.1, -0.05) is 47.6 Å². The van der Waals surface area contributed by atoms with Gasteiger partial charge in [0.05, 0.1) is 17.3 Å². The fourth-order valence-electron chi connectivity index (χ4n) is 2.99. The Morgan fingerprint density at radius 3 is 2.60 bits per heavy atom. The van der Waals surface area contributed by atoms with Gasteiger partial charge in [0.2, 0.25) is 0 Å². The second-order valence-corrected chi connectivity index (χ2v) is 6.34. The maximum atomic E-state index is 8.86. The second-order valence-electron chi connectivity index (χ2n) is 6.34. The molecule has 1 aliphatic carbocycles. The molecule has 0 bridgehead atoms. The van der Waals surface area contributed by atoms with E-state index in [1.807, 2.05) is 6.07 Å². The number of hydrogen-bond donors (Lipinski definition) is 0. The zero-order chi connectivity index (χ0) is 17.3. The Morgan fingerprint density at radius 1 is 1.12 bits per heavy atom. The van der Waals surface area contributed by atoms with Crippen LogP contribution in [0.2, 0.25) is 0 Å². The summed E-state index contributed by atoms with van der Waals surface area (Å²) in [5.41, 5.74) is 3.03. The Bertz CT molecular complexity index is 770. The fourth-order valence-corrected chi connectivity index (χ4v) is 2.99. The molecule has 25 heavy (non-hydrogen) atoms. The summed E-state index contributed by atoms with van der Waals surface area (Å²) in [6.07, 6.45) is 9.70. The van der Waals surface area contributed by atoms with Gasteiger partial charge in [0, 0.05) is 0 Å². The van der Waals surface area contributed by atoms with E-state index in [0.29, 0.717) is 17.2 Å². The molecule has 2 aromatic carbocycles. The van der Waals surface area contributed by atoms with E-state index in [2.05, 4.69) is 47.6 Å². The lowest BCUT2D eigenvalue weighted by atomic mass is 9.97. The first-order valence-electron chi connectivity index (χ1n) is 8.77. The van der Waals surface area contributed by atoms with Gasteiger partial charge in [-0.3, -0.25) is 0 Å². The minimum absolute atomic E-state index is 0.569. The van der Waals surface area contributed by atoms with Gasteiger partial charge in [-0.05, 0) is 67.9 Å². The number of hydrogen-bond acceptors (Lipinski definition) is 3. The van der Waals surface area contributed by atoms with Gasteiger partial charge in [0.1, 0.15) is 0 Å². The molecule has 1 aliphatic rings. The van der Waals surface area contributed by atoms with Crippen molar-refractivity contribution in [3.05, 3.63) is 77.9 Å². The Hall–Kier alpha value is -2.86. The normalized spacial score (nSPS) is 16.6. The standard InChI is InChI=1S/C22H22N2O/c23-17-20-11-14-22(15-12-20)25-24-21(16-19-8-4-5-9-19)13-10-18-6-2-1-3-7-18/h1-4,6-8,11-12,14-15,19H,5,9-10,13,16H2/b24-21+. The van der Waals surface area contributed by atoms with Crippen molar-refractivity contribution in [3.8, 4) is 11.8 Å². The van der Waals surface area contributed by atoms with E-state index in [1.54, 1.807) is 24.3 Å². The molecule has 0 aliphatic heterocycles. The minimum atomic E-state index is 0.569. The average Bonchev–Trinajstić information content (AvgIpc) is 3.18. The molecule has 0 fully saturated rings. The number of aryl methyl sites for hydroxylation is 1. The van der Waals surface area contributed by atoms with Gasteiger partial charge >= 0.3 is 0 Å². The molecule has 3 nitrogen and oxygen atoms in total. The maximum Gasteiger partial charge on any atom is 0.158 e. The maximum absolute atomic E-state index is 8.86. The van der Waals surface area contributed by atoms with E-state index in [-0.39, 0.29) is 0 Å². The molecule has 126 valence electrons. The van der Waals surface area contributed by atoms with Gasteiger partial charge in [-0.15, -0.1) is 0 Å². The Balaban J connectivity index is 1.65. The monoisotopic (exact) mass is 330 g/mol.